The van der Waals surface area contributed by atoms with Gasteiger partial charge in [0.2, 0.25) is 0 Å². The molecule has 0 saturated heterocycles. The van der Waals surface area contributed by atoms with Crippen LogP contribution in [0.3, 0.4) is 0 Å². The van der Waals surface area contributed by atoms with Gasteiger partial charge in [-0.15, -0.1) is 0 Å². The maximum atomic E-state index is 11.5. The second-order valence-corrected chi connectivity index (χ2v) is 6.52. The molecule has 0 aliphatic heterocycles. The summed E-state index contributed by atoms with van der Waals surface area (Å²) in [6.07, 6.45) is -5.04. The Morgan fingerprint density at radius 2 is 0.967 bits per heavy atom. The monoisotopic (exact) mass is 434 g/mol. The summed E-state index contributed by atoms with van der Waals surface area (Å²) in [6, 6.07) is 0. The Labute approximate surface area is 175 Å². The number of carbonyl (C=O) groups excluding carboxylic acids is 5. The average Bonchev–Trinajstić information content (AvgIpc) is 2.58. The van der Waals surface area contributed by atoms with Crippen LogP contribution < -0.4 is 0 Å². The summed E-state index contributed by atoms with van der Waals surface area (Å²) in [5.41, 5.74) is 0. The summed E-state index contributed by atoms with van der Waals surface area (Å²) in [5.74, 6) is -3.14. The molecule has 0 amide bonds. The van der Waals surface area contributed by atoms with Crippen LogP contribution in [0.4, 0.5) is 0 Å². The molecule has 0 fully saturated rings. The third-order valence-electron chi connectivity index (χ3n) is 3.61. The van der Waals surface area contributed by atoms with Crippen LogP contribution in [-0.2, 0) is 52.4 Å². The van der Waals surface area contributed by atoms with E-state index in [0.717, 1.165) is 6.92 Å². The van der Waals surface area contributed by atoms with Gasteiger partial charge in [0.1, 0.15) is 25.4 Å². The van der Waals surface area contributed by atoms with Gasteiger partial charge in [0.15, 0.2) is 12.2 Å². The van der Waals surface area contributed by atoms with Crippen molar-refractivity contribution in [2.24, 2.45) is 0 Å². The van der Waals surface area contributed by atoms with Crippen LogP contribution in [0.25, 0.3) is 0 Å². The molecule has 172 valence electrons. The predicted molar refractivity (Wildman–Crippen MR) is 99.9 cm³/mol. The van der Waals surface area contributed by atoms with Crippen molar-refractivity contribution in [1.82, 2.24) is 0 Å². The van der Waals surface area contributed by atoms with Crippen molar-refractivity contribution in [3.05, 3.63) is 0 Å². The quantitative estimate of drug-likeness (QED) is 0.316. The van der Waals surface area contributed by atoms with Gasteiger partial charge in [-0.2, -0.15) is 0 Å². The smallest absolute Gasteiger partial charge is 0.303 e. The highest BCUT2D eigenvalue weighted by Crippen LogP contribution is 2.19. The normalized spacial score (nSPS) is 15.6. The van der Waals surface area contributed by atoms with E-state index in [2.05, 4.69) is 0 Å². The van der Waals surface area contributed by atoms with Crippen LogP contribution in [0.5, 0.6) is 0 Å². The molecule has 0 aliphatic rings. The molecule has 0 aromatic rings. The van der Waals surface area contributed by atoms with E-state index in [1.807, 2.05) is 0 Å². The van der Waals surface area contributed by atoms with Crippen LogP contribution in [0.2, 0.25) is 0 Å². The van der Waals surface area contributed by atoms with Crippen molar-refractivity contribution >= 4 is 29.8 Å². The third-order valence-corrected chi connectivity index (χ3v) is 3.61. The van der Waals surface area contributed by atoms with E-state index in [1.165, 1.54) is 41.5 Å². The molecule has 0 heterocycles. The highest BCUT2D eigenvalue weighted by atomic mass is 16.6. The summed E-state index contributed by atoms with van der Waals surface area (Å²) < 4.78 is 31.2. The van der Waals surface area contributed by atoms with Gasteiger partial charge in [0.05, 0.1) is 6.10 Å². The Morgan fingerprint density at radius 1 is 0.567 bits per heavy atom. The highest BCUT2D eigenvalue weighted by molar-refractivity contribution is 5.68. The Balaban J connectivity index is 5.68. The molecule has 2 unspecified atom stereocenters. The van der Waals surface area contributed by atoms with Gasteiger partial charge in [-0.05, 0) is 13.8 Å². The molecule has 0 aliphatic carbocycles. The van der Waals surface area contributed by atoms with E-state index in [4.69, 9.17) is 28.4 Å². The van der Waals surface area contributed by atoms with Gasteiger partial charge >= 0.3 is 29.8 Å². The first kappa shape index (κ1) is 27.3. The largest absolute Gasteiger partial charge is 0.462 e. The number of carbonyl (C=O) groups is 5. The fourth-order valence-electron chi connectivity index (χ4n) is 2.45. The highest BCUT2D eigenvalue weighted by Gasteiger charge is 2.37. The van der Waals surface area contributed by atoms with E-state index in [1.54, 1.807) is 0 Å². The molecule has 0 rings (SSSR count). The van der Waals surface area contributed by atoms with E-state index >= 15 is 0 Å². The van der Waals surface area contributed by atoms with Crippen molar-refractivity contribution < 1.29 is 52.4 Å². The Morgan fingerprint density at radius 3 is 1.37 bits per heavy atom. The number of esters is 5. The molecule has 0 bridgehead atoms. The summed E-state index contributed by atoms with van der Waals surface area (Å²) >= 11 is 0. The van der Waals surface area contributed by atoms with Gasteiger partial charge in [-0.3, -0.25) is 24.0 Å². The second kappa shape index (κ2) is 13.5. The molecule has 0 saturated carbocycles. The SMILES string of the molecule is CC(=O)OC[C@@H](OC(C)=O)C(C)OC([C@H](C)OC(C)=O)[C@@H](COC(C)=O)OC(C)=O. The Kier molecular flexibility index (Phi) is 12.3. The van der Waals surface area contributed by atoms with Crippen LogP contribution >= 0.6 is 0 Å². The van der Waals surface area contributed by atoms with Gasteiger partial charge in [0.25, 0.3) is 0 Å². The van der Waals surface area contributed by atoms with Gasteiger partial charge in [-0.1, -0.05) is 0 Å². The summed E-state index contributed by atoms with van der Waals surface area (Å²) in [7, 11) is 0. The van der Waals surface area contributed by atoms with E-state index in [0.29, 0.717) is 0 Å². The molecular weight excluding hydrogens is 404 g/mol. The molecule has 0 radical (unpaired) electrons. The standard InChI is InChI=1S/C19H30O11/c1-10(17(29-15(6)23)8-25-12(3)20)28-19(11(2)27-14(5)22)18(30-16(7)24)9-26-13(4)21/h10-11,17-19H,8-9H2,1-7H3/t10?,11-,17+,18+,19?/m0/s1. The van der Waals surface area contributed by atoms with E-state index < -0.39 is 60.4 Å². The van der Waals surface area contributed by atoms with Gasteiger partial charge in [0, 0.05) is 34.6 Å². The number of hydrogen-bond acceptors (Lipinski definition) is 11. The maximum absolute atomic E-state index is 11.5. The lowest BCUT2D eigenvalue weighted by molar-refractivity contribution is -0.201. The minimum atomic E-state index is -1.13. The molecule has 5 atom stereocenters. The fraction of sp³-hybridized carbons (Fsp3) is 0.737. The lowest BCUT2D eigenvalue weighted by atomic mass is 10.1. The predicted octanol–water partition coefficient (Wildman–Crippen LogP) is 0.701. The lowest BCUT2D eigenvalue weighted by Gasteiger charge is -2.34. The van der Waals surface area contributed by atoms with E-state index in [-0.39, 0.29) is 13.2 Å². The van der Waals surface area contributed by atoms with Crippen molar-refractivity contribution in [2.75, 3.05) is 13.2 Å². The minimum Gasteiger partial charge on any atom is -0.462 e. The lowest BCUT2D eigenvalue weighted by Crippen LogP contribution is -2.49. The summed E-state index contributed by atoms with van der Waals surface area (Å²) in [5, 5.41) is 0. The van der Waals surface area contributed by atoms with Crippen molar-refractivity contribution in [2.45, 2.75) is 79.0 Å². The first-order valence-corrected chi connectivity index (χ1v) is 9.27. The van der Waals surface area contributed by atoms with Crippen LogP contribution in [0, 0.1) is 0 Å². The zero-order valence-corrected chi connectivity index (χ0v) is 18.3. The van der Waals surface area contributed by atoms with Crippen LogP contribution in [0.1, 0.15) is 48.5 Å². The molecule has 0 aromatic carbocycles. The molecule has 0 spiro atoms. The minimum absolute atomic E-state index is 0.285. The topological polar surface area (TPSA) is 141 Å². The first-order chi connectivity index (χ1) is 13.8. The third kappa shape index (κ3) is 12.0. The number of rotatable bonds is 12. The zero-order valence-electron chi connectivity index (χ0n) is 18.3. The fourth-order valence-corrected chi connectivity index (χ4v) is 2.45. The summed E-state index contributed by atoms with van der Waals surface area (Å²) in [4.78, 5) is 56.7. The molecule has 30 heavy (non-hydrogen) atoms. The van der Waals surface area contributed by atoms with Crippen LogP contribution in [-0.4, -0.2) is 73.6 Å². The number of hydrogen-bond donors (Lipinski definition) is 0. The number of ether oxygens (including phenoxy) is 6. The van der Waals surface area contributed by atoms with Crippen molar-refractivity contribution in [3.8, 4) is 0 Å². The molecule has 0 aromatic heterocycles. The average molecular weight is 434 g/mol. The van der Waals surface area contributed by atoms with Crippen molar-refractivity contribution in [1.29, 1.82) is 0 Å². The molecule has 0 N–H and O–H groups in total. The zero-order chi connectivity index (χ0) is 23.4. The molecule has 11 nitrogen and oxygen atoms in total. The molecular formula is C19H30O11. The summed E-state index contributed by atoms with van der Waals surface area (Å²) in [6.45, 7) is 8.26. The maximum Gasteiger partial charge on any atom is 0.303 e. The molecule has 11 heteroatoms. The van der Waals surface area contributed by atoms with Crippen molar-refractivity contribution in [3.63, 3.8) is 0 Å². The van der Waals surface area contributed by atoms with E-state index in [9.17, 15) is 24.0 Å². The Bertz CT molecular complexity index is 616. The second-order valence-electron chi connectivity index (χ2n) is 6.52. The van der Waals surface area contributed by atoms with Crippen LogP contribution in [0.15, 0.2) is 0 Å². The first-order valence-electron chi connectivity index (χ1n) is 9.27. The van der Waals surface area contributed by atoms with Gasteiger partial charge in [-0.25, -0.2) is 0 Å². The Hall–Kier alpha value is -2.69. The van der Waals surface area contributed by atoms with Gasteiger partial charge < -0.3 is 28.4 Å².